The van der Waals surface area contributed by atoms with E-state index in [1.165, 1.54) is 72.3 Å². The Balaban J connectivity index is 1.06. The van der Waals surface area contributed by atoms with E-state index in [1.54, 1.807) is 0 Å². The van der Waals surface area contributed by atoms with Gasteiger partial charge in [-0.3, -0.25) is 0 Å². The van der Waals surface area contributed by atoms with Crippen molar-refractivity contribution in [2.45, 2.75) is 5.92 Å². The Morgan fingerprint density at radius 2 is 0.625 bits per heavy atom. The van der Waals surface area contributed by atoms with E-state index in [-0.39, 0.29) is 5.92 Å². The highest BCUT2D eigenvalue weighted by Crippen LogP contribution is 2.39. The van der Waals surface area contributed by atoms with Crippen molar-refractivity contribution in [2.24, 2.45) is 0 Å². The average molecular weight is 715 g/mol. The third-order valence-electron chi connectivity index (χ3n) is 11.0. The molecule has 0 spiro atoms. The van der Waals surface area contributed by atoms with Crippen LogP contribution in [0.2, 0.25) is 0 Å². The number of benzene rings is 9. The Morgan fingerprint density at radius 1 is 0.232 bits per heavy atom. The van der Waals surface area contributed by atoms with E-state index in [1.807, 2.05) is 12.1 Å². The first-order valence-corrected chi connectivity index (χ1v) is 19.3. The summed E-state index contributed by atoms with van der Waals surface area (Å²) >= 11 is 0. The average Bonchev–Trinajstić information content (AvgIpc) is 3.66. The van der Waals surface area contributed by atoms with Crippen molar-refractivity contribution in [2.75, 3.05) is 0 Å². The van der Waals surface area contributed by atoms with Crippen molar-refractivity contribution >= 4 is 21.9 Å². The van der Waals surface area contributed by atoms with Crippen LogP contribution < -0.4 is 0 Å². The molecule has 0 atom stereocenters. The van der Waals surface area contributed by atoms with Crippen LogP contribution in [0.3, 0.4) is 0 Å². The summed E-state index contributed by atoms with van der Waals surface area (Å²) in [6.45, 7) is 0. The molecule has 10 aromatic rings. The molecule has 0 saturated carbocycles. The zero-order chi connectivity index (χ0) is 37.3. The zero-order valence-corrected chi connectivity index (χ0v) is 30.8. The molecule has 264 valence electrons. The van der Waals surface area contributed by atoms with Gasteiger partial charge in [0.1, 0.15) is 11.2 Å². The van der Waals surface area contributed by atoms with Crippen molar-refractivity contribution in [3.05, 3.63) is 241 Å². The topological polar surface area (TPSA) is 13.1 Å². The Morgan fingerprint density at radius 3 is 1.20 bits per heavy atom. The van der Waals surface area contributed by atoms with Crippen molar-refractivity contribution in [3.63, 3.8) is 0 Å². The number of hydrogen-bond donors (Lipinski definition) is 0. The highest BCUT2D eigenvalue weighted by atomic mass is 16.3. The maximum atomic E-state index is 6.13. The van der Waals surface area contributed by atoms with Gasteiger partial charge in [0.25, 0.3) is 0 Å². The van der Waals surface area contributed by atoms with Gasteiger partial charge in [0.2, 0.25) is 0 Å². The van der Waals surface area contributed by atoms with Crippen molar-refractivity contribution in [1.29, 1.82) is 0 Å². The van der Waals surface area contributed by atoms with Gasteiger partial charge < -0.3 is 4.42 Å². The van der Waals surface area contributed by atoms with Gasteiger partial charge in [-0.2, -0.15) is 0 Å². The normalized spacial score (nSPS) is 11.4. The van der Waals surface area contributed by atoms with Crippen LogP contribution in [-0.2, 0) is 0 Å². The fourth-order valence-corrected chi connectivity index (χ4v) is 8.16. The van der Waals surface area contributed by atoms with Crippen LogP contribution in [0.25, 0.3) is 77.6 Å². The molecule has 0 saturated heterocycles. The highest BCUT2D eigenvalue weighted by molar-refractivity contribution is 6.06. The van der Waals surface area contributed by atoms with E-state index in [9.17, 15) is 0 Å². The second kappa shape index (κ2) is 14.5. The summed E-state index contributed by atoms with van der Waals surface area (Å²) in [6, 6.07) is 81.1. The summed E-state index contributed by atoms with van der Waals surface area (Å²) in [5.74, 6) is 0.0128. The molecule has 0 aliphatic rings. The fourth-order valence-electron chi connectivity index (χ4n) is 8.16. The lowest BCUT2D eigenvalue weighted by Crippen LogP contribution is -2.04. The molecule has 10 rings (SSSR count). The monoisotopic (exact) mass is 714 g/mol. The Bertz CT molecular complexity index is 2830. The van der Waals surface area contributed by atoms with Gasteiger partial charge in [0.15, 0.2) is 0 Å². The summed E-state index contributed by atoms with van der Waals surface area (Å²) in [7, 11) is 0. The molecule has 0 unspecified atom stereocenters. The van der Waals surface area contributed by atoms with Crippen LogP contribution in [0.4, 0.5) is 0 Å². The molecule has 1 nitrogen and oxygen atoms in total. The minimum absolute atomic E-state index is 0.0128. The van der Waals surface area contributed by atoms with Gasteiger partial charge in [-0.05, 0) is 103 Å². The van der Waals surface area contributed by atoms with Crippen LogP contribution in [0, 0.1) is 0 Å². The minimum atomic E-state index is 0.0128. The predicted molar refractivity (Wildman–Crippen MR) is 235 cm³/mol. The molecule has 0 fully saturated rings. The van der Waals surface area contributed by atoms with Gasteiger partial charge in [0.05, 0.1) is 0 Å². The van der Waals surface area contributed by atoms with E-state index < -0.39 is 0 Å². The lowest BCUT2D eigenvalue weighted by molar-refractivity contribution is 0.669. The van der Waals surface area contributed by atoms with Crippen LogP contribution >= 0.6 is 0 Å². The molecule has 1 heteroatoms. The van der Waals surface area contributed by atoms with Gasteiger partial charge in [-0.25, -0.2) is 0 Å². The first-order valence-electron chi connectivity index (χ1n) is 19.3. The van der Waals surface area contributed by atoms with Crippen LogP contribution in [0.15, 0.2) is 229 Å². The molecule has 1 heterocycles. The van der Waals surface area contributed by atoms with E-state index in [0.29, 0.717) is 0 Å². The molecule has 0 amide bonds. The number of para-hydroxylation sites is 1. The first-order chi connectivity index (χ1) is 27.7. The predicted octanol–water partition coefficient (Wildman–Crippen LogP) is 15.1. The summed E-state index contributed by atoms with van der Waals surface area (Å²) in [5.41, 5.74) is 17.6. The van der Waals surface area contributed by atoms with E-state index in [4.69, 9.17) is 4.42 Å². The zero-order valence-electron chi connectivity index (χ0n) is 30.8. The highest BCUT2D eigenvalue weighted by Gasteiger charge is 2.19. The number of fused-ring (bicyclic) bond motifs is 3. The largest absolute Gasteiger partial charge is 0.456 e. The minimum Gasteiger partial charge on any atom is -0.456 e. The van der Waals surface area contributed by atoms with Crippen LogP contribution in [0.1, 0.15) is 22.6 Å². The molecule has 1 aromatic heterocycles. The molecular weight excluding hydrogens is 677 g/mol. The van der Waals surface area contributed by atoms with Gasteiger partial charge in [0, 0.05) is 16.7 Å². The van der Waals surface area contributed by atoms with E-state index in [2.05, 4.69) is 212 Å². The molecule has 0 aliphatic carbocycles. The maximum absolute atomic E-state index is 6.13. The second-order valence-corrected chi connectivity index (χ2v) is 14.5. The van der Waals surface area contributed by atoms with Gasteiger partial charge >= 0.3 is 0 Å². The Hall–Kier alpha value is -7.22. The third-order valence-corrected chi connectivity index (χ3v) is 11.0. The first kappa shape index (κ1) is 33.4. The molecule has 0 radical (unpaired) electrons. The molecule has 0 aliphatic heterocycles. The van der Waals surface area contributed by atoms with E-state index in [0.717, 1.165) is 21.9 Å². The van der Waals surface area contributed by atoms with Crippen molar-refractivity contribution < 1.29 is 4.42 Å². The van der Waals surface area contributed by atoms with Crippen molar-refractivity contribution in [1.82, 2.24) is 0 Å². The Kier molecular flexibility index (Phi) is 8.67. The second-order valence-electron chi connectivity index (χ2n) is 14.5. The molecule has 56 heavy (non-hydrogen) atoms. The third kappa shape index (κ3) is 6.50. The quantitative estimate of drug-likeness (QED) is 0.143. The lowest BCUT2D eigenvalue weighted by atomic mass is 9.82. The summed E-state index contributed by atoms with van der Waals surface area (Å²) in [6.07, 6.45) is 0. The van der Waals surface area contributed by atoms with Crippen LogP contribution in [-0.4, -0.2) is 0 Å². The summed E-state index contributed by atoms with van der Waals surface area (Å²) < 4.78 is 6.13. The molecule has 0 N–H and O–H groups in total. The Labute approximate surface area is 327 Å². The van der Waals surface area contributed by atoms with Gasteiger partial charge in [-0.15, -0.1) is 0 Å². The van der Waals surface area contributed by atoms with Gasteiger partial charge in [-0.1, -0.05) is 194 Å². The van der Waals surface area contributed by atoms with Crippen molar-refractivity contribution in [3.8, 4) is 55.6 Å². The summed E-state index contributed by atoms with van der Waals surface area (Å²) in [4.78, 5) is 0. The lowest BCUT2D eigenvalue weighted by Gasteiger charge is -2.21. The number of rotatable bonds is 8. The van der Waals surface area contributed by atoms with E-state index >= 15 is 0 Å². The maximum Gasteiger partial charge on any atom is 0.135 e. The summed E-state index contributed by atoms with van der Waals surface area (Å²) in [5, 5.41) is 2.28. The molecule has 9 aromatic carbocycles. The SMILES string of the molecule is c1ccc(-c2cccc(-c3cccc(C(c4ccc(-c5ccc6oc7ccccc7c6c5)cc4)c4cccc(-c5cccc(-c6ccccc6)c5)c4)c3)c2)cc1. The standard InChI is InChI=1S/C55H38O/c1-3-13-38(14-4-1)42-17-9-19-44(33-42)46-21-11-23-49(35-46)55(50-24-12-22-47(36-50)45-20-10-18-43(34-45)39-15-5-2-6-16-39)41-29-27-40(28-30-41)48-31-32-54-52(37-48)51-25-7-8-26-53(51)56-54/h1-37,55H. The molecule has 0 bridgehead atoms. The fraction of sp³-hybridized carbons (Fsp3) is 0.0182. The smallest absolute Gasteiger partial charge is 0.135 e. The van der Waals surface area contributed by atoms with Crippen LogP contribution in [0.5, 0.6) is 0 Å². The molecular formula is C55H38O. The number of hydrogen-bond acceptors (Lipinski definition) is 1. The number of furan rings is 1.